The first-order chi connectivity index (χ1) is 7.07. The molecule has 1 saturated carbocycles. The van der Waals surface area contributed by atoms with Crippen LogP contribution in [-0.4, -0.2) is 0 Å². The summed E-state index contributed by atoms with van der Waals surface area (Å²) in [6, 6.07) is 0. The fourth-order valence-electron chi connectivity index (χ4n) is 3.29. The monoisotopic (exact) mass is 210 g/mol. The summed E-state index contributed by atoms with van der Waals surface area (Å²) < 4.78 is 0. The molecule has 0 spiro atoms. The largest absolute Gasteiger partial charge is 0.0654 e. The van der Waals surface area contributed by atoms with Crippen molar-refractivity contribution in [1.82, 2.24) is 0 Å². The zero-order valence-corrected chi connectivity index (χ0v) is 11.5. The molecule has 1 aliphatic carbocycles. The molecule has 0 heterocycles. The first kappa shape index (κ1) is 13.1. The van der Waals surface area contributed by atoms with Crippen molar-refractivity contribution in [2.24, 2.45) is 23.2 Å². The van der Waals surface area contributed by atoms with Crippen LogP contribution in [0.5, 0.6) is 0 Å². The van der Waals surface area contributed by atoms with Gasteiger partial charge in [-0.25, -0.2) is 0 Å². The Morgan fingerprint density at radius 2 is 1.93 bits per heavy atom. The molecule has 0 N–H and O–H groups in total. The van der Waals surface area contributed by atoms with Gasteiger partial charge >= 0.3 is 0 Å². The van der Waals surface area contributed by atoms with Gasteiger partial charge in [0.05, 0.1) is 0 Å². The highest BCUT2D eigenvalue weighted by Crippen LogP contribution is 2.57. The molecule has 0 aliphatic heterocycles. The highest BCUT2D eigenvalue weighted by molar-refractivity contribution is 4.97. The van der Waals surface area contributed by atoms with Gasteiger partial charge in [-0.05, 0) is 36.0 Å². The first-order valence-corrected chi connectivity index (χ1v) is 7.07. The van der Waals surface area contributed by atoms with E-state index in [2.05, 4.69) is 34.6 Å². The molecular formula is C15H30. The smallest absolute Gasteiger partial charge is 0.0295 e. The fraction of sp³-hybridized carbons (Fsp3) is 1.00. The van der Waals surface area contributed by atoms with Crippen LogP contribution in [0.1, 0.15) is 73.1 Å². The fourth-order valence-corrected chi connectivity index (χ4v) is 3.29. The minimum absolute atomic E-state index is 0.648. The average Bonchev–Trinajstić information content (AvgIpc) is 2.98. The lowest BCUT2D eigenvalue weighted by Gasteiger charge is -2.32. The molecular weight excluding hydrogens is 180 g/mol. The van der Waals surface area contributed by atoms with Gasteiger partial charge in [0.2, 0.25) is 0 Å². The van der Waals surface area contributed by atoms with Gasteiger partial charge in [0, 0.05) is 0 Å². The van der Waals surface area contributed by atoms with E-state index in [0.29, 0.717) is 5.41 Å². The molecule has 0 amide bonds. The molecule has 0 aromatic heterocycles. The van der Waals surface area contributed by atoms with E-state index < -0.39 is 0 Å². The van der Waals surface area contributed by atoms with Crippen LogP contribution in [0.4, 0.5) is 0 Å². The summed E-state index contributed by atoms with van der Waals surface area (Å²) in [7, 11) is 0. The molecule has 1 aliphatic rings. The Morgan fingerprint density at radius 3 is 2.40 bits per heavy atom. The summed E-state index contributed by atoms with van der Waals surface area (Å²) in [4.78, 5) is 0. The second-order valence-corrected chi connectivity index (χ2v) is 6.12. The Labute approximate surface area is 96.8 Å². The van der Waals surface area contributed by atoms with Crippen molar-refractivity contribution in [3.8, 4) is 0 Å². The van der Waals surface area contributed by atoms with Gasteiger partial charge in [0.25, 0.3) is 0 Å². The van der Waals surface area contributed by atoms with E-state index in [1.54, 1.807) is 0 Å². The molecule has 0 aromatic carbocycles. The van der Waals surface area contributed by atoms with Crippen molar-refractivity contribution in [3.05, 3.63) is 0 Å². The van der Waals surface area contributed by atoms with E-state index in [9.17, 15) is 0 Å². The second kappa shape index (κ2) is 5.37. The molecule has 0 heteroatoms. The van der Waals surface area contributed by atoms with E-state index in [0.717, 1.165) is 17.8 Å². The van der Waals surface area contributed by atoms with Gasteiger partial charge in [-0.3, -0.25) is 0 Å². The normalized spacial score (nSPS) is 31.0. The van der Waals surface area contributed by atoms with E-state index in [4.69, 9.17) is 0 Å². The number of hydrogen-bond donors (Lipinski definition) is 0. The molecule has 0 aromatic rings. The SMILES string of the molecule is CCCC1CC1C(C)(CC)CC(C)CC. The van der Waals surface area contributed by atoms with Crippen LogP contribution in [0, 0.1) is 23.2 Å². The topological polar surface area (TPSA) is 0 Å². The Kier molecular flexibility index (Phi) is 4.67. The maximum atomic E-state index is 2.54. The molecule has 0 nitrogen and oxygen atoms in total. The minimum atomic E-state index is 0.648. The minimum Gasteiger partial charge on any atom is -0.0654 e. The third-order valence-corrected chi connectivity index (χ3v) is 4.80. The van der Waals surface area contributed by atoms with Crippen molar-refractivity contribution in [2.45, 2.75) is 73.1 Å². The predicted molar refractivity (Wildman–Crippen MR) is 69.0 cm³/mol. The molecule has 1 fully saturated rings. The van der Waals surface area contributed by atoms with Crippen molar-refractivity contribution >= 4 is 0 Å². The van der Waals surface area contributed by atoms with Crippen molar-refractivity contribution in [3.63, 3.8) is 0 Å². The summed E-state index contributed by atoms with van der Waals surface area (Å²) in [6.45, 7) is 12.0. The maximum absolute atomic E-state index is 2.54. The Bertz CT molecular complexity index is 184. The summed E-state index contributed by atoms with van der Waals surface area (Å²) in [5, 5.41) is 0. The van der Waals surface area contributed by atoms with Gasteiger partial charge in [-0.2, -0.15) is 0 Å². The zero-order chi connectivity index (χ0) is 11.5. The number of rotatable bonds is 7. The second-order valence-electron chi connectivity index (χ2n) is 6.12. The van der Waals surface area contributed by atoms with E-state index in [-0.39, 0.29) is 0 Å². The summed E-state index contributed by atoms with van der Waals surface area (Å²) in [6.07, 6.45) is 8.55. The van der Waals surface area contributed by atoms with E-state index in [1.807, 2.05) is 0 Å². The molecule has 4 unspecified atom stereocenters. The maximum Gasteiger partial charge on any atom is -0.0295 e. The molecule has 90 valence electrons. The van der Waals surface area contributed by atoms with Gasteiger partial charge in [-0.15, -0.1) is 0 Å². The van der Waals surface area contributed by atoms with Gasteiger partial charge in [-0.1, -0.05) is 60.3 Å². The van der Waals surface area contributed by atoms with Crippen LogP contribution in [0.2, 0.25) is 0 Å². The molecule has 15 heavy (non-hydrogen) atoms. The summed E-state index contributed by atoms with van der Waals surface area (Å²) >= 11 is 0. The number of hydrogen-bond acceptors (Lipinski definition) is 0. The van der Waals surface area contributed by atoms with Gasteiger partial charge in [0.1, 0.15) is 0 Å². The molecule has 0 radical (unpaired) electrons. The highest BCUT2D eigenvalue weighted by atomic mass is 14.5. The van der Waals surface area contributed by atoms with Crippen LogP contribution in [-0.2, 0) is 0 Å². The lowest BCUT2D eigenvalue weighted by atomic mass is 9.74. The van der Waals surface area contributed by atoms with Crippen LogP contribution >= 0.6 is 0 Å². The summed E-state index contributed by atoms with van der Waals surface area (Å²) in [5.74, 6) is 3.04. The third kappa shape index (κ3) is 3.23. The quantitative estimate of drug-likeness (QED) is 0.536. The Balaban J connectivity index is 2.47. The van der Waals surface area contributed by atoms with Gasteiger partial charge < -0.3 is 0 Å². The Hall–Kier alpha value is 0. The van der Waals surface area contributed by atoms with E-state index in [1.165, 1.54) is 38.5 Å². The lowest BCUT2D eigenvalue weighted by Crippen LogP contribution is -2.22. The van der Waals surface area contributed by atoms with Crippen molar-refractivity contribution in [2.75, 3.05) is 0 Å². The average molecular weight is 210 g/mol. The molecule has 0 bridgehead atoms. The van der Waals surface area contributed by atoms with Crippen molar-refractivity contribution in [1.29, 1.82) is 0 Å². The standard InChI is InChI=1S/C15H30/c1-6-9-13-10-14(13)15(5,8-3)11-12(4)7-2/h12-14H,6-11H2,1-5H3. The van der Waals surface area contributed by atoms with Crippen LogP contribution in [0.15, 0.2) is 0 Å². The van der Waals surface area contributed by atoms with Crippen LogP contribution in [0.3, 0.4) is 0 Å². The highest BCUT2D eigenvalue weighted by Gasteiger charge is 2.48. The molecule has 4 atom stereocenters. The van der Waals surface area contributed by atoms with Crippen molar-refractivity contribution < 1.29 is 0 Å². The summed E-state index contributed by atoms with van der Waals surface area (Å²) in [5.41, 5.74) is 0.648. The predicted octanol–water partition coefficient (Wildman–Crippen LogP) is 5.28. The first-order valence-electron chi connectivity index (χ1n) is 7.07. The third-order valence-electron chi connectivity index (χ3n) is 4.80. The molecule has 1 rings (SSSR count). The van der Waals surface area contributed by atoms with E-state index >= 15 is 0 Å². The lowest BCUT2D eigenvalue weighted by molar-refractivity contribution is 0.185. The van der Waals surface area contributed by atoms with Gasteiger partial charge in [0.15, 0.2) is 0 Å². The molecule has 0 saturated heterocycles. The zero-order valence-electron chi connectivity index (χ0n) is 11.5. The van der Waals surface area contributed by atoms with Crippen LogP contribution in [0.25, 0.3) is 0 Å². The van der Waals surface area contributed by atoms with Crippen LogP contribution < -0.4 is 0 Å². The Morgan fingerprint density at radius 1 is 1.27 bits per heavy atom.